The van der Waals surface area contributed by atoms with E-state index in [0.29, 0.717) is 0 Å². The molecule has 2 aromatic heterocycles. The first-order valence-electron chi connectivity index (χ1n) is 19.4. The van der Waals surface area contributed by atoms with Gasteiger partial charge in [0.1, 0.15) is 0 Å². The molecule has 260 valence electrons. The van der Waals surface area contributed by atoms with E-state index >= 15 is 0 Å². The highest BCUT2D eigenvalue weighted by molar-refractivity contribution is 6.28. The highest BCUT2D eigenvalue weighted by atomic mass is 15.0. The van der Waals surface area contributed by atoms with Gasteiger partial charge in [-0.25, -0.2) is 0 Å². The van der Waals surface area contributed by atoms with E-state index in [4.69, 9.17) is 0 Å². The summed E-state index contributed by atoms with van der Waals surface area (Å²) in [5, 5.41) is 12.5. The van der Waals surface area contributed by atoms with Crippen molar-refractivity contribution in [2.75, 3.05) is 0 Å². The van der Waals surface area contributed by atoms with Gasteiger partial charge in [-0.05, 0) is 85.6 Å². The average molecular weight is 711 g/mol. The van der Waals surface area contributed by atoms with Crippen LogP contribution in [-0.4, -0.2) is 9.13 Å². The summed E-state index contributed by atoms with van der Waals surface area (Å²) in [7, 11) is 0. The summed E-state index contributed by atoms with van der Waals surface area (Å²) in [6, 6.07) is 75.9. The van der Waals surface area contributed by atoms with Crippen molar-refractivity contribution >= 4 is 75.9 Å². The summed E-state index contributed by atoms with van der Waals surface area (Å²) in [6.07, 6.45) is 0. The zero-order valence-corrected chi connectivity index (χ0v) is 30.5. The zero-order valence-electron chi connectivity index (χ0n) is 30.5. The number of hydrogen-bond donors (Lipinski definition) is 0. The molecular weight excluding hydrogens is 677 g/mol. The molecule has 12 rings (SSSR count). The monoisotopic (exact) mass is 710 g/mol. The molecule has 0 spiro atoms. The van der Waals surface area contributed by atoms with Crippen molar-refractivity contribution in [2.45, 2.75) is 0 Å². The van der Waals surface area contributed by atoms with Gasteiger partial charge in [0.15, 0.2) is 0 Å². The quantitative estimate of drug-likeness (QED) is 0.161. The Morgan fingerprint density at radius 1 is 0.232 bits per heavy atom. The van der Waals surface area contributed by atoms with Crippen LogP contribution >= 0.6 is 0 Å². The molecule has 0 amide bonds. The minimum absolute atomic E-state index is 1.13. The van der Waals surface area contributed by atoms with Gasteiger partial charge in [-0.15, -0.1) is 0 Å². The molecule has 0 fully saturated rings. The molecule has 0 N–H and O–H groups in total. The van der Waals surface area contributed by atoms with E-state index in [1.54, 1.807) is 0 Å². The second kappa shape index (κ2) is 12.0. The molecule has 56 heavy (non-hydrogen) atoms. The van der Waals surface area contributed by atoms with Gasteiger partial charge in [-0.3, -0.25) is 0 Å². The third kappa shape index (κ3) is 4.50. The second-order valence-corrected chi connectivity index (χ2v) is 14.9. The molecule has 0 saturated heterocycles. The van der Waals surface area contributed by atoms with Crippen LogP contribution in [0.25, 0.3) is 110 Å². The predicted molar refractivity (Wildman–Crippen MR) is 239 cm³/mol. The van der Waals surface area contributed by atoms with Gasteiger partial charge >= 0.3 is 0 Å². The maximum Gasteiger partial charge on any atom is 0.0567 e. The van der Waals surface area contributed by atoms with E-state index in [1.807, 2.05) is 0 Å². The van der Waals surface area contributed by atoms with Crippen molar-refractivity contribution in [1.82, 2.24) is 9.13 Å². The van der Waals surface area contributed by atoms with Gasteiger partial charge in [0.05, 0.1) is 27.8 Å². The number of fused-ring (bicyclic) bond motifs is 12. The van der Waals surface area contributed by atoms with Crippen LogP contribution in [0.5, 0.6) is 0 Å². The normalized spacial score (nSPS) is 11.9. The zero-order chi connectivity index (χ0) is 36.7. The van der Waals surface area contributed by atoms with Crippen LogP contribution in [0.15, 0.2) is 206 Å². The first-order chi connectivity index (χ1) is 27.8. The number of benzene rings is 10. The second-order valence-electron chi connectivity index (χ2n) is 14.9. The Hall–Kier alpha value is -7.42. The fraction of sp³-hybridized carbons (Fsp3) is 0. The van der Waals surface area contributed by atoms with Crippen LogP contribution in [0, 0.1) is 0 Å². The number of aromatic nitrogens is 2. The third-order valence-electron chi connectivity index (χ3n) is 11.9. The van der Waals surface area contributed by atoms with Crippen molar-refractivity contribution in [1.29, 1.82) is 0 Å². The number of para-hydroxylation sites is 2. The molecule has 2 heterocycles. The van der Waals surface area contributed by atoms with Crippen molar-refractivity contribution in [3.63, 3.8) is 0 Å². The first kappa shape index (κ1) is 31.0. The lowest BCUT2D eigenvalue weighted by atomic mass is 9.92. The summed E-state index contributed by atoms with van der Waals surface area (Å²) >= 11 is 0. The van der Waals surface area contributed by atoms with Crippen LogP contribution in [0.1, 0.15) is 0 Å². The highest BCUT2D eigenvalue weighted by Gasteiger charge is 2.21. The van der Waals surface area contributed by atoms with E-state index in [-0.39, 0.29) is 0 Å². The number of rotatable bonds is 4. The topological polar surface area (TPSA) is 9.86 Å². The van der Waals surface area contributed by atoms with E-state index in [1.165, 1.54) is 104 Å². The first-order valence-corrected chi connectivity index (χ1v) is 19.4. The molecule has 12 aromatic rings. The Balaban J connectivity index is 1.28. The molecule has 0 aliphatic rings. The Morgan fingerprint density at radius 3 is 1.21 bits per heavy atom. The summed E-state index contributed by atoms with van der Waals surface area (Å²) in [4.78, 5) is 0. The average Bonchev–Trinajstić information content (AvgIpc) is 3.79. The van der Waals surface area contributed by atoms with Crippen LogP contribution in [0.2, 0.25) is 0 Å². The molecule has 0 radical (unpaired) electrons. The van der Waals surface area contributed by atoms with Gasteiger partial charge in [0.2, 0.25) is 0 Å². The van der Waals surface area contributed by atoms with Crippen molar-refractivity contribution in [3.8, 4) is 33.6 Å². The summed E-state index contributed by atoms with van der Waals surface area (Å²) < 4.78 is 5.03. The molecule has 0 unspecified atom stereocenters. The Labute approximate surface area is 323 Å². The molecule has 10 aromatic carbocycles. The minimum atomic E-state index is 1.13. The Kier molecular flexibility index (Phi) is 6.66. The molecule has 2 nitrogen and oxygen atoms in total. The molecule has 0 aliphatic carbocycles. The fourth-order valence-corrected chi connectivity index (χ4v) is 9.40. The van der Waals surface area contributed by atoms with Gasteiger partial charge < -0.3 is 9.13 Å². The molecular formula is C54H34N2. The van der Waals surface area contributed by atoms with Gasteiger partial charge in [0.25, 0.3) is 0 Å². The Bertz CT molecular complexity index is 3510. The van der Waals surface area contributed by atoms with E-state index < -0.39 is 0 Å². The highest BCUT2D eigenvalue weighted by Crippen LogP contribution is 2.44. The lowest BCUT2D eigenvalue weighted by molar-refractivity contribution is 1.15. The van der Waals surface area contributed by atoms with Crippen LogP contribution in [0.3, 0.4) is 0 Å². The molecule has 0 atom stereocenters. The smallest absolute Gasteiger partial charge is 0.0567 e. The molecule has 2 heteroatoms. The maximum atomic E-state index is 2.54. The van der Waals surface area contributed by atoms with Gasteiger partial charge in [-0.1, -0.05) is 170 Å². The molecule has 0 bridgehead atoms. The largest absolute Gasteiger partial charge is 0.309 e. The van der Waals surface area contributed by atoms with Crippen molar-refractivity contribution in [2.24, 2.45) is 0 Å². The maximum absolute atomic E-state index is 2.54. The fourth-order valence-electron chi connectivity index (χ4n) is 9.40. The third-order valence-corrected chi connectivity index (χ3v) is 11.9. The lowest BCUT2D eigenvalue weighted by Gasteiger charge is -2.20. The predicted octanol–water partition coefficient (Wildman–Crippen LogP) is 14.7. The number of nitrogens with zero attached hydrogens (tertiary/aromatic N) is 2. The van der Waals surface area contributed by atoms with Crippen molar-refractivity contribution < 1.29 is 0 Å². The van der Waals surface area contributed by atoms with E-state index in [0.717, 1.165) is 5.69 Å². The van der Waals surface area contributed by atoms with Crippen LogP contribution < -0.4 is 0 Å². The molecule has 0 saturated carbocycles. The van der Waals surface area contributed by atoms with Crippen LogP contribution in [-0.2, 0) is 0 Å². The van der Waals surface area contributed by atoms with E-state index in [2.05, 4.69) is 215 Å². The Morgan fingerprint density at radius 2 is 0.643 bits per heavy atom. The summed E-state index contributed by atoms with van der Waals surface area (Å²) in [6.45, 7) is 0. The SMILES string of the molecule is c1ccc(-c2ccc3c4ccccc4n(-c4cc(-n5c6ccccc6c6ccc(-c7ccccc7)cc65)c5c6ccccc6c6ccccc6c5c4)c3c2)cc1. The van der Waals surface area contributed by atoms with Gasteiger partial charge in [-0.2, -0.15) is 0 Å². The van der Waals surface area contributed by atoms with Gasteiger partial charge in [0, 0.05) is 32.6 Å². The van der Waals surface area contributed by atoms with Crippen molar-refractivity contribution in [3.05, 3.63) is 206 Å². The summed E-state index contributed by atoms with van der Waals surface area (Å²) in [5.41, 5.74) is 11.9. The lowest BCUT2D eigenvalue weighted by Crippen LogP contribution is -2.01. The number of hydrogen-bond acceptors (Lipinski definition) is 0. The minimum Gasteiger partial charge on any atom is -0.309 e. The van der Waals surface area contributed by atoms with E-state index in [9.17, 15) is 0 Å². The summed E-state index contributed by atoms with van der Waals surface area (Å²) in [5.74, 6) is 0. The molecule has 0 aliphatic heterocycles. The standard InChI is InChI=1S/C54H34N2/c1-3-15-35(16-4-1)37-27-29-45-43-22-11-13-25-49(43)55(51(45)31-37)39-33-48-42-21-8-7-19-40(42)41-20-9-10-24-47(41)54(48)53(34-39)56-50-26-14-12-23-44(50)46-30-28-38(32-52(46)56)36-17-5-2-6-18-36/h1-34H. The van der Waals surface area contributed by atoms with Crippen LogP contribution in [0.4, 0.5) is 0 Å².